The van der Waals surface area contributed by atoms with Crippen molar-refractivity contribution < 1.29 is 4.74 Å². The van der Waals surface area contributed by atoms with Crippen molar-refractivity contribution in [1.29, 1.82) is 5.41 Å². The minimum absolute atomic E-state index is 0.317. The summed E-state index contributed by atoms with van der Waals surface area (Å²) >= 11 is 5.91. The van der Waals surface area contributed by atoms with Gasteiger partial charge in [-0.25, -0.2) is 9.97 Å². The molecule has 0 atom stereocenters. The van der Waals surface area contributed by atoms with Crippen molar-refractivity contribution >= 4 is 23.1 Å². The molecule has 26 heavy (non-hydrogen) atoms. The number of hydrogen-bond donors (Lipinski definition) is 2. The Bertz CT molecular complexity index is 927. The van der Waals surface area contributed by atoms with Gasteiger partial charge in [-0.05, 0) is 30.7 Å². The lowest BCUT2D eigenvalue weighted by atomic mass is 10.1. The molecule has 0 fully saturated rings. The minimum atomic E-state index is 0.317. The number of methoxy groups -OCH3 is 1. The van der Waals surface area contributed by atoms with E-state index in [2.05, 4.69) is 20.3 Å². The summed E-state index contributed by atoms with van der Waals surface area (Å²) < 4.78 is 5.16. The second kappa shape index (κ2) is 7.93. The summed E-state index contributed by atoms with van der Waals surface area (Å²) in [5.41, 5.74) is 3.58. The largest absolute Gasteiger partial charge is 0.497 e. The summed E-state index contributed by atoms with van der Waals surface area (Å²) in [4.78, 5) is 12.8. The average molecular weight is 368 g/mol. The lowest BCUT2D eigenvalue weighted by Crippen LogP contribution is -2.07. The fourth-order valence-corrected chi connectivity index (χ4v) is 2.59. The topological polar surface area (TPSA) is 83.8 Å². The van der Waals surface area contributed by atoms with Gasteiger partial charge in [-0.1, -0.05) is 23.7 Å². The van der Waals surface area contributed by atoms with Crippen molar-refractivity contribution in [2.24, 2.45) is 0 Å². The van der Waals surface area contributed by atoms with Crippen LogP contribution in [0.1, 0.15) is 18.1 Å². The zero-order valence-electron chi connectivity index (χ0n) is 14.5. The zero-order chi connectivity index (χ0) is 18.5. The smallest absolute Gasteiger partial charge is 0.148 e. The monoisotopic (exact) mass is 367 g/mol. The third-order valence-corrected chi connectivity index (χ3v) is 3.99. The maximum absolute atomic E-state index is 8.06. The summed E-state index contributed by atoms with van der Waals surface area (Å²) in [5, 5.41) is 11.7. The summed E-state index contributed by atoms with van der Waals surface area (Å²) in [6.07, 6.45) is 4.80. The number of anilines is 1. The van der Waals surface area contributed by atoms with Crippen molar-refractivity contribution in [1.82, 2.24) is 15.0 Å². The molecule has 6 nitrogen and oxygen atoms in total. The average Bonchev–Trinajstić information content (AvgIpc) is 2.66. The number of benzene rings is 1. The van der Waals surface area contributed by atoms with E-state index in [1.165, 1.54) is 6.20 Å². The molecular weight excluding hydrogens is 350 g/mol. The Morgan fingerprint density at radius 3 is 2.62 bits per heavy atom. The predicted molar refractivity (Wildman–Crippen MR) is 103 cm³/mol. The van der Waals surface area contributed by atoms with Gasteiger partial charge in [0.05, 0.1) is 25.2 Å². The third-order valence-electron chi connectivity index (χ3n) is 3.81. The molecule has 2 heterocycles. The van der Waals surface area contributed by atoms with Gasteiger partial charge < -0.3 is 15.5 Å². The number of hydrogen-bond acceptors (Lipinski definition) is 6. The first-order chi connectivity index (χ1) is 12.6. The molecular formula is C19H18ClN5O. The number of nitrogens with zero attached hydrogens (tertiary/aromatic N) is 3. The summed E-state index contributed by atoms with van der Waals surface area (Å²) in [7, 11) is 1.64. The van der Waals surface area contributed by atoms with E-state index in [0.29, 0.717) is 34.5 Å². The van der Waals surface area contributed by atoms with Crippen LogP contribution in [-0.2, 0) is 6.54 Å². The highest BCUT2D eigenvalue weighted by Gasteiger charge is 2.10. The molecule has 0 aliphatic carbocycles. The Morgan fingerprint density at radius 2 is 1.96 bits per heavy atom. The van der Waals surface area contributed by atoms with Gasteiger partial charge in [0.1, 0.15) is 16.7 Å². The van der Waals surface area contributed by atoms with Gasteiger partial charge in [-0.3, -0.25) is 4.98 Å². The SMILES string of the molecule is COc1ccc(CNc2ncc(-c3cncc(Cl)n3)cc2C(C)=N)cc1. The summed E-state index contributed by atoms with van der Waals surface area (Å²) in [6, 6.07) is 9.66. The number of aromatic nitrogens is 3. The quantitative estimate of drug-likeness (QED) is 0.638. The molecule has 0 amide bonds. The Labute approximate surface area is 156 Å². The Kier molecular flexibility index (Phi) is 5.43. The molecule has 2 aromatic heterocycles. The lowest BCUT2D eigenvalue weighted by Gasteiger charge is -2.12. The molecule has 0 radical (unpaired) electrons. The van der Waals surface area contributed by atoms with Crippen molar-refractivity contribution in [3.8, 4) is 17.0 Å². The van der Waals surface area contributed by atoms with E-state index in [9.17, 15) is 0 Å². The van der Waals surface area contributed by atoms with Crippen LogP contribution < -0.4 is 10.1 Å². The molecule has 3 rings (SSSR count). The van der Waals surface area contributed by atoms with Crippen LogP contribution in [0.4, 0.5) is 5.82 Å². The minimum Gasteiger partial charge on any atom is -0.497 e. The highest BCUT2D eigenvalue weighted by Crippen LogP contribution is 2.23. The Morgan fingerprint density at radius 1 is 1.19 bits per heavy atom. The predicted octanol–water partition coefficient (Wildman–Crippen LogP) is 4.20. The van der Waals surface area contributed by atoms with Crippen LogP contribution in [0.2, 0.25) is 5.15 Å². The van der Waals surface area contributed by atoms with E-state index in [1.807, 2.05) is 30.3 Å². The highest BCUT2D eigenvalue weighted by molar-refractivity contribution is 6.29. The van der Waals surface area contributed by atoms with E-state index >= 15 is 0 Å². The molecule has 7 heteroatoms. The molecule has 1 aromatic carbocycles. The number of nitrogens with one attached hydrogen (secondary N) is 2. The van der Waals surface area contributed by atoms with Gasteiger partial charge in [0.25, 0.3) is 0 Å². The van der Waals surface area contributed by atoms with Crippen LogP contribution in [0.5, 0.6) is 5.75 Å². The maximum atomic E-state index is 8.06. The van der Waals surface area contributed by atoms with Crippen LogP contribution in [0.25, 0.3) is 11.3 Å². The van der Waals surface area contributed by atoms with Crippen molar-refractivity contribution in [2.75, 3.05) is 12.4 Å². The first-order valence-corrected chi connectivity index (χ1v) is 8.35. The second-order valence-electron chi connectivity index (χ2n) is 5.67. The fraction of sp³-hybridized carbons (Fsp3) is 0.158. The number of pyridine rings is 1. The normalized spacial score (nSPS) is 10.4. The third kappa shape index (κ3) is 4.15. The van der Waals surface area contributed by atoms with E-state index < -0.39 is 0 Å². The molecule has 0 spiro atoms. The molecule has 0 aliphatic heterocycles. The van der Waals surface area contributed by atoms with Crippen molar-refractivity contribution in [3.63, 3.8) is 0 Å². The molecule has 3 aromatic rings. The molecule has 132 valence electrons. The standard InChI is InChI=1S/C19H18ClN5O/c1-12(21)16-7-14(17-10-22-11-18(20)25-17)9-24-19(16)23-8-13-3-5-15(26-2)6-4-13/h3-7,9-11,21H,8H2,1-2H3,(H,23,24). The first kappa shape index (κ1) is 17.8. The van der Waals surface area contributed by atoms with Crippen LogP contribution in [-0.4, -0.2) is 27.8 Å². The van der Waals surface area contributed by atoms with Gasteiger partial charge >= 0.3 is 0 Å². The van der Waals surface area contributed by atoms with E-state index in [4.69, 9.17) is 21.7 Å². The zero-order valence-corrected chi connectivity index (χ0v) is 15.2. The van der Waals surface area contributed by atoms with E-state index in [0.717, 1.165) is 16.9 Å². The van der Waals surface area contributed by atoms with Gasteiger partial charge in [0, 0.05) is 29.6 Å². The van der Waals surface area contributed by atoms with Crippen LogP contribution in [0, 0.1) is 5.41 Å². The molecule has 0 saturated heterocycles. The van der Waals surface area contributed by atoms with Crippen LogP contribution in [0.15, 0.2) is 48.9 Å². The molecule has 0 unspecified atom stereocenters. The lowest BCUT2D eigenvalue weighted by molar-refractivity contribution is 0.414. The molecule has 0 bridgehead atoms. The number of halogens is 1. The molecule has 2 N–H and O–H groups in total. The Hall–Kier alpha value is -2.99. The summed E-state index contributed by atoms with van der Waals surface area (Å²) in [6.45, 7) is 2.32. The van der Waals surface area contributed by atoms with E-state index in [-0.39, 0.29) is 0 Å². The van der Waals surface area contributed by atoms with Crippen molar-refractivity contribution in [2.45, 2.75) is 13.5 Å². The van der Waals surface area contributed by atoms with Gasteiger partial charge in [-0.2, -0.15) is 0 Å². The second-order valence-corrected chi connectivity index (χ2v) is 6.06. The summed E-state index contributed by atoms with van der Waals surface area (Å²) in [5.74, 6) is 1.46. The molecule has 0 aliphatic rings. The van der Waals surface area contributed by atoms with Gasteiger partial charge in [0.15, 0.2) is 0 Å². The molecule has 0 saturated carbocycles. The van der Waals surface area contributed by atoms with Crippen LogP contribution >= 0.6 is 11.6 Å². The first-order valence-electron chi connectivity index (χ1n) is 7.97. The fourth-order valence-electron chi connectivity index (χ4n) is 2.44. The number of rotatable bonds is 6. The Balaban J connectivity index is 1.83. The van der Waals surface area contributed by atoms with Crippen LogP contribution in [0.3, 0.4) is 0 Å². The highest BCUT2D eigenvalue weighted by atomic mass is 35.5. The number of ether oxygens (including phenoxy) is 1. The van der Waals surface area contributed by atoms with Gasteiger partial charge in [0.2, 0.25) is 0 Å². The van der Waals surface area contributed by atoms with Crippen molar-refractivity contribution in [3.05, 3.63) is 65.2 Å². The van der Waals surface area contributed by atoms with Gasteiger partial charge in [-0.15, -0.1) is 0 Å². The van der Waals surface area contributed by atoms with E-state index in [1.54, 1.807) is 26.4 Å². The maximum Gasteiger partial charge on any atom is 0.148 e.